The lowest BCUT2D eigenvalue weighted by Gasteiger charge is -2.07. The highest BCUT2D eigenvalue weighted by atomic mass is 19.1. The van der Waals surface area contributed by atoms with E-state index in [1.807, 2.05) is 71.4 Å². The minimum Gasteiger partial charge on any atom is -0.321 e. The molecule has 0 N–H and O–H groups in total. The van der Waals surface area contributed by atoms with Gasteiger partial charge < -0.3 is 4.57 Å². The second kappa shape index (κ2) is 5.41. The molecule has 0 fully saturated rings. The van der Waals surface area contributed by atoms with Crippen molar-refractivity contribution in [2.75, 3.05) is 6.67 Å². The molecule has 2 aromatic carbocycles. The van der Waals surface area contributed by atoms with Gasteiger partial charge >= 0.3 is 0 Å². The van der Waals surface area contributed by atoms with Crippen LogP contribution in [-0.2, 0) is 6.54 Å². The summed E-state index contributed by atoms with van der Waals surface area (Å²) in [5, 5.41) is 0. The fourth-order valence-electron chi connectivity index (χ4n) is 3.40. The molecular weight excluding hydrogens is 315 g/mol. The van der Waals surface area contributed by atoms with Gasteiger partial charge in [0.2, 0.25) is 0 Å². The van der Waals surface area contributed by atoms with Crippen molar-refractivity contribution >= 4 is 27.7 Å². The van der Waals surface area contributed by atoms with Crippen molar-refractivity contribution in [2.45, 2.75) is 6.54 Å². The Hall–Kier alpha value is -3.21. The normalized spacial score (nSPS) is 11.7. The summed E-state index contributed by atoms with van der Waals surface area (Å²) < 4.78 is 17.1. The average Bonchev–Trinajstić information content (AvgIpc) is 3.20. The molecule has 4 nitrogen and oxygen atoms in total. The minimum absolute atomic E-state index is 0.290. The molecule has 0 aliphatic heterocycles. The van der Waals surface area contributed by atoms with Crippen LogP contribution in [-0.4, -0.2) is 25.6 Å². The standard InChI is InChI=1S/C20H15FN4/c21-11-12-24-17-7-3-2-6-16(17)23-20(24)14-9-10-19-22-15-5-1-4-8-18(15)25(19)13-14/h1-10,13H,11-12H2. The van der Waals surface area contributed by atoms with E-state index in [1.54, 1.807) is 0 Å². The lowest BCUT2D eigenvalue weighted by molar-refractivity contribution is 0.451. The maximum atomic E-state index is 13.1. The number of aromatic nitrogens is 4. The highest BCUT2D eigenvalue weighted by Crippen LogP contribution is 2.26. The number of imidazole rings is 2. The number of hydrogen-bond acceptors (Lipinski definition) is 2. The molecule has 0 atom stereocenters. The van der Waals surface area contributed by atoms with Crippen LogP contribution in [0.25, 0.3) is 39.1 Å². The minimum atomic E-state index is -0.427. The third-order valence-corrected chi connectivity index (χ3v) is 4.52. The van der Waals surface area contributed by atoms with Gasteiger partial charge in [-0.3, -0.25) is 4.40 Å². The van der Waals surface area contributed by atoms with Gasteiger partial charge in [-0.05, 0) is 36.4 Å². The molecule has 0 amide bonds. The van der Waals surface area contributed by atoms with E-state index in [9.17, 15) is 4.39 Å². The fourth-order valence-corrected chi connectivity index (χ4v) is 3.40. The van der Waals surface area contributed by atoms with Gasteiger partial charge in [0.15, 0.2) is 0 Å². The molecule has 3 aromatic heterocycles. The Balaban J connectivity index is 1.79. The van der Waals surface area contributed by atoms with E-state index in [0.29, 0.717) is 6.54 Å². The number of nitrogens with zero attached hydrogens (tertiary/aromatic N) is 4. The molecule has 0 spiro atoms. The second-order valence-electron chi connectivity index (χ2n) is 6.01. The number of aryl methyl sites for hydroxylation is 1. The smallest absolute Gasteiger partial charge is 0.142 e. The van der Waals surface area contributed by atoms with Crippen LogP contribution in [0.4, 0.5) is 4.39 Å². The van der Waals surface area contributed by atoms with E-state index in [-0.39, 0.29) is 0 Å². The predicted octanol–water partition coefficient (Wildman–Crippen LogP) is 4.47. The summed E-state index contributed by atoms with van der Waals surface area (Å²) in [5.74, 6) is 0.776. The highest BCUT2D eigenvalue weighted by Gasteiger charge is 2.13. The van der Waals surface area contributed by atoms with Crippen LogP contribution in [0, 0.1) is 0 Å². The molecule has 5 rings (SSSR count). The van der Waals surface area contributed by atoms with E-state index in [0.717, 1.165) is 39.1 Å². The van der Waals surface area contributed by atoms with Crippen molar-refractivity contribution < 1.29 is 4.39 Å². The summed E-state index contributed by atoms with van der Waals surface area (Å²) in [6.45, 7) is -0.137. The Bertz CT molecular complexity index is 1220. The molecule has 0 bridgehead atoms. The Kier molecular flexibility index (Phi) is 3.06. The third-order valence-electron chi connectivity index (χ3n) is 4.52. The lowest BCUT2D eigenvalue weighted by Crippen LogP contribution is -2.02. The largest absolute Gasteiger partial charge is 0.321 e. The highest BCUT2D eigenvalue weighted by molar-refractivity contribution is 5.83. The third kappa shape index (κ3) is 2.12. The number of rotatable bonds is 3. The number of hydrogen-bond donors (Lipinski definition) is 0. The molecule has 0 aliphatic rings. The quantitative estimate of drug-likeness (QED) is 0.489. The first-order chi connectivity index (χ1) is 12.3. The van der Waals surface area contributed by atoms with Gasteiger partial charge in [0.1, 0.15) is 18.1 Å². The average molecular weight is 330 g/mol. The topological polar surface area (TPSA) is 35.1 Å². The summed E-state index contributed by atoms with van der Waals surface area (Å²) in [7, 11) is 0. The van der Waals surface area contributed by atoms with E-state index >= 15 is 0 Å². The zero-order valence-electron chi connectivity index (χ0n) is 13.4. The Morgan fingerprint density at radius 2 is 1.52 bits per heavy atom. The molecule has 3 heterocycles. The molecule has 5 aromatic rings. The van der Waals surface area contributed by atoms with Crippen LogP contribution >= 0.6 is 0 Å². The van der Waals surface area contributed by atoms with E-state index < -0.39 is 6.67 Å². The van der Waals surface area contributed by atoms with Crippen molar-refractivity contribution in [2.24, 2.45) is 0 Å². The summed E-state index contributed by atoms with van der Waals surface area (Å²) in [4.78, 5) is 9.36. The molecule has 0 aliphatic carbocycles. The van der Waals surface area contributed by atoms with Gasteiger partial charge in [0.25, 0.3) is 0 Å². The van der Waals surface area contributed by atoms with Gasteiger partial charge in [-0.2, -0.15) is 0 Å². The maximum Gasteiger partial charge on any atom is 0.142 e. The summed E-state index contributed by atoms with van der Waals surface area (Å²) in [6, 6.07) is 19.8. The SMILES string of the molecule is FCCn1c(-c2ccc3nc4ccccc4n3c2)nc2ccccc21. The van der Waals surface area contributed by atoms with Gasteiger partial charge in [-0.1, -0.05) is 24.3 Å². The summed E-state index contributed by atoms with van der Waals surface area (Å²) in [5.41, 5.74) is 5.66. The van der Waals surface area contributed by atoms with Crippen LogP contribution < -0.4 is 0 Å². The van der Waals surface area contributed by atoms with Gasteiger partial charge in [-0.25, -0.2) is 14.4 Å². The number of alkyl halides is 1. The van der Waals surface area contributed by atoms with Crippen LogP contribution in [0.5, 0.6) is 0 Å². The number of pyridine rings is 1. The molecule has 0 unspecified atom stereocenters. The molecule has 0 radical (unpaired) electrons. The molecule has 0 saturated heterocycles. The first-order valence-electron chi connectivity index (χ1n) is 8.23. The fraction of sp³-hybridized carbons (Fsp3) is 0.100. The molecule has 5 heteroatoms. The second-order valence-corrected chi connectivity index (χ2v) is 6.01. The van der Waals surface area contributed by atoms with Gasteiger partial charge in [0.05, 0.1) is 28.6 Å². The zero-order chi connectivity index (χ0) is 16.8. The van der Waals surface area contributed by atoms with Crippen LogP contribution in [0.1, 0.15) is 0 Å². The Labute approximate surface area is 143 Å². The van der Waals surface area contributed by atoms with E-state index in [4.69, 9.17) is 4.98 Å². The first-order valence-corrected chi connectivity index (χ1v) is 8.23. The Morgan fingerprint density at radius 3 is 2.32 bits per heavy atom. The number of fused-ring (bicyclic) bond motifs is 4. The monoisotopic (exact) mass is 330 g/mol. The van der Waals surface area contributed by atoms with Crippen LogP contribution in [0.3, 0.4) is 0 Å². The van der Waals surface area contributed by atoms with Crippen molar-refractivity contribution in [1.82, 2.24) is 18.9 Å². The van der Waals surface area contributed by atoms with Crippen molar-refractivity contribution in [1.29, 1.82) is 0 Å². The van der Waals surface area contributed by atoms with Gasteiger partial charge in [-0.15, -0.1) is 0 Å². The van der Waals surface area contributed by atoms with Crippen molar-refractivity contribution in [3.63, 3.8) is 0 Å². The predicted molar refractivity (Wildman–Crippen MR) is 97.4 cm³/mol. The first kappa shape index (κ1) is 14.2. The van der Waals surface area contributed by atoms with Gasteiger partial charge in [0, 0.05) is 11.8 Å². The lowest BCUT2D eigenvalue weighted by atomic mass is 10.2. The summed E-state index contributed by atoms with van der Waals surface area (Å²) >= 11 is 0. The molecular formula is C20H15FN4. The number of para-hydroxylation sites is 4. The van der Waals surface area contributed by atoms with Crippen molar-refractivity contribution in [3.05, 3.63) is 66.9 Å². The maximum absolute atomic E-state index is 13.1. The van der Waals surface area contributed by atoms with E-state index in [1.165, 1.54) is 0 Å². The van der Waals surface area contributed by atoms with Crippen LogP contribution in [0.2, 0.25) is 0 Å². The molecule has 25 heavy (non-hydrogen) atoms. The van der Waals surface area contributed by atoms with Crippen molar-refractivity contribution in [3.8, 4) is 11.4 Å². The van der Waals surface area contributed by atoms with Crippen LogP contribution in [0.15, 0.2) is 66.9 Å². The summed E-state index contributed by atoms with van der Waals surface area (Å²) in [6.07, 6.45) is 2.03. The zero-order valence-corrected chi connectivity index (χ0v) is 13.4. The number of halogens is 1. The van der Waals surface area contributed by atoms with E-state index in [2.05, 4.69) is 9.38 Å². The molecule has 0 saturated carbocycles. The Morgan fingerprint density at radius 1 is 0.800 bits per heavy atom. The molecule has 122 valence electrons. The number of benzene rings is 2.